The van der Waals surface area contributed by atoms with Gasteiger partial charge in [0.25, 0.3) is 5.91 Å². The van der Waals surface area contributed by atoms with Gasteiger partial charge in [0, 0.05) is 17.6 Å². The van der Waals surface area contributed by atoms with Crippen LogP contribution in [0.15, 0.2) is 78.9 Å². The molecular weight excluding hydrogens is 531 g/mol. The maximum atomic E-state index is 14.5. The number of halogens is 2. The lowest BCUT2D eigenvalue weighted by Crippen LogP contribution is -2.61. The summed E-state index contributed by atoms with van der Waals surface area (Å²) in [4.78, 5) is 40.6. The number of nitrogens with zero attached hydrogens (tertiary/aromatic N) is 2. The molecule has 210 valence electrons. The minimum atomic E-state index is -0.979. The fourth-order valence-electron chi connectivity index (χ4n) is 5.35. The quantitative estimate of drug-likeness (QED) is 0.363. The Balaban J connectivity index is 1.80. The van der Waals surface area contributed by atoms with E-state index in [1.165, 1.54) is 29.1 Å². The molecule has 4 rings (SSSR count). The van der Waals surface area contributed by atoms with E-state index in [9.17, 15) is 18.8 Å². The summed E-state index contributed by atoms with van der Waals surface area (Å²) in [7, 11) is 0. The van der Waals surface area contributed by atoms with E-state index in [0.717, 1.165) is 5.56 Å². The van der Waals surface area contributed by atoms with Gasteiger partial charge in [-0.2, -0.15) is 0 Å². The van der Waals surface area contributed by atoms with Crippen LogP contribution in [0.5, 0.6) is 0 Å². The summed E-state index contributed by atoms with van der Waals surface area (Å²) in [5, 5.41) is 8.87. The van der Waals surface area contributed by atoms with E-state index >= 15 is 0 Å². The molecule has 3 aromatic rings. The highest BCUT2D eigenvalue weighted by atomic mass is 35.5. The van der Waals surface area contributed by atoms with Crippen LogP contribution in [-0.2, 0) is 9.59 Å². The fourth-order valence-corrected chi connectivity index (χ4v) is 5.54. The molecule has 40 heavy (non-hydrogen) atoms. The predicted octanol–water partition coefficient (Wildman–Crippen LogP) is 6.68. The topological polar surface area (TPSA) is 81.8 Å². The lowest BCUT2D eigenvalue weighted by Gasteiger charge is -2.47. The first-order valence-electron chi connectivity index (χ1n) is 13.2. The van der Waals surface area contributed by atoms with Crippen molar-refractivity contribution in [2.24, 2.45) is 0 Å². The molecule has 0 radical (unpaired) electrons. The molecule has 4 amide bonds. The Hall–Kier alpha value is -3.91. The number of benzene rings is 3. The van der Waals surface area contributed by atoms with Crippen LogP contribution in [0.1, 0.15) is 63.6 Å². The molecule has 7 nitrogen and oxygen atoms in total. The normalized spacial score (nSPS) is 19.5. The molecule has 3 aromatic carbocycles. The molecule has 1 fully saturated rings. The van der Waals surface area contributed by atoms with Crippen molar-refractivity contribution in [2.45, 2.75) is 64.1 Å². The van der Waals surface area contributed by atoms with Gasteiger partial charge in [-0.25, -0.2) is 19.2 Å². The highest BCUT2D eigenvalue weighted by molar-refractivity contribution is 6.30. The summed E-state index contributed by atoms with van der Waals surface area (Å²) >= 11 is 6.07. The van der Waals surface area contributed by atoms with Gasteiger partial charge in [-0.3, -0.25) is 9.59 Å². The van der Waals surface area contributed by atoms with Crippen molar-refractivity contribution in [3.63, 3.8) is 0 Å². The third-order valence-electron chi connectivity index (χ3n) is 6.89. The van der Waals surface area contributed by atoms with E-state index in [0.29, 0.717) is 22.7 Å². The molecule has 0 aliphatic carbocycles. The Morgan fingerprint density at radius 3 is 2.25 bits per heavy atom. The number of carbonyl (C=O) groups excluding carboxylic acids is 3. The zero-order chi connectivity index (χ0) is 29.0. The second kappa shape index (κ2) is 12.1. The number of hydrogen-bond acceptors (Lipinski definition) is 3. The zero-order valence-corrected chi connectivity index (χ0v) is 23.8. The van der Waals surface area contributed by atoms with E-state index < -0.39 is 35.4 Å². The molecule has 0 aromatic heterocycles. The number of carbonyl (C=O) groups is 3. The first-order valence-corrected chi connectivity index (χ1v) is 13.6. The van der Waals surface area contributed by atoms with Crippen LogP contribution in [0.4, 0.5) is 14.9 Å². The van der Waals surface area contributed by atoms with Crippen LogP contribution in [0.2, 0.25) is 5.02 Å². The Bertz CT molecular complexity index is 1380. The molecule has 3 atom stereocenters. The Kier molecular flexibility index (Phi) is 8.79. The average Bonchev–Trinajstić information content (AvgIpc) is 3.01. The Labute approximate surface area is 239 Å². The maximum absolute atomic E-state index is 14.5. The molecule has 0 saturated carbocycles. The number of hydrazine groups is 1. The monoisotopic (exact) mass is 564 g/mol. The third-order valence-corrected chi connectivity index (χ3v) is 7.12. The second-order valence-corrected chi connectivity index (χ2v) is 11.4. The summed E-state index contributed by atoms with van der Waals surface area (Å²) in [5.74, 6) is -1.43. The average molecular weight is 565 g/mol. The SMILES string of the molecule is CC(=O)N(N1C(=O)C(NC(=O)Nc2cccc(Cl)c2)CC(c2ccccc2)CC1c1cccc(F)c1)C(C)(C)C. The van der Waals surface area contributed by atoms with Crippen LogP contribution in [0, 0.1) is 5.82 Å². The summed E-state index contributed by atoms with van der Waals surface area (Å²) in [6, 6.07) is 20.3. The molecule has 3 unspecified atom stereocenters. The standard InChI is InChI=1S/C31H34ClFN4O3/c1-20(38)37(31(2,3)4)36-28(22-12-8-14-25(33)16-22)18-23(21-10-6-5-7-11-21)17-27(29(36)39)35-30(40)34-26-15-9-13-24(32)19-26/h5-16,19,23,27-28H,17-18H2,1-4H3,(H2,34,35,40). The molecule has 1 saturated heterocycles. The summed E-state index contributed by atoms with van der Waals surface area (Å²) < 4.78 is 14.5. The first kappa shape index (κ1) is 29.1. The smallest absolute Gasteiger partial charge is 0.319 e. The molecule has 9 heteroatoms. The van der Waals surface area contributed by atoms with Crippen molar-refractivity contribution in [3.05, 3.63) is 101 Å². The van der Waals surface area contributed by atoms with Crippen molar-refractivity contribution in [3.8, 4) is 0 Å². The number of hydrogen-bond donors (Lipinski definition) is 2. The van der Waals surface area contributed by atoms with E-state index in [2.05, 4.69) is 10.6 Å². The largest absolute Gasteiger partial charge is 0.326 e. The second-order valence-electron chi connectivity index (χ2n) is 11.0. The molecule has 1 heterocycles. The van der Waals surface area contributed by atoms with E-state index in [-0.39, 0.29) is 18.2 Å². The van der Waals surface area contributed by atoms with Crippen LogP contribution < -0.4 is 10.6 Å². The van der Waals surface area contributed by atoms with Crippen molar-refractivity contribution in [1.82, 2.24) is 15.3 Å². The van der Waals surface area contributed by atoms with Crippen molar-refractivity contribution in [2.75, 3.05) is 5.32 Å². The van der Waals surface area contributed by atoms with Gasteiger partial charge < -0.3 is 10.6 Å². The van der Waals surface area contributed by atoms with Gasteiger partial charge in [0.05, 0.1) is 11.6 Å². The van der Waals surface area contributed by atoms with Crippen molar-refractivity contribution in [1.29, 1.82) is 0 Å². The lowest BCUT2D eigenvalue weighted by molar-refractivity contribution is -0.181. The third kappa shape index (κ3) is 6.80. The van der Waals surface area contributed by atoms with E-state index in [1.54, 1.807) is 36.4 Å². The highest BCUT2D eigenvalue weighted by Crippen LogP contribution is 2.41. The molecule has 0 bridgehead atoms. The number of nitrogens with one attached hydrogen (secondary N) is 2. The maximum Gasteiger partial charge on any atom is 0.319 e. The van der Waals surface area contributed by atoms with Crippen LogP contribution >= 0.6 is 11.6 Å². The molecular formula is C31H34ClFN4O3. The number of urea groups is 1. The van der Waals surface area contributed by atoms with Gasteiger partial charge >= 0.3 is 6.03 Å². The Morgan fingerprint density at radius 1 is 0.950 bits per heavy atom. The molecule has 0 spiro atoms. The van der Waals surface area contributed by atoms with Crippen molar-refractivity contribution < 1.29 is 18.8 Å². The number of rotatable bonds is 5. The van der Waals surface area contributed by atoms with Gasteiger partial charge in [0.1, 0.15) is 11.9 Å². The minimum absolute atomic E-state index is 0.186. The van der Waals surface area contributed by atoms with Gasteiger partial charge in [-0.1, -0.05) is 60.1 Å². The van der Waals surface area contributed by atoms with Crippen LogP contribution in [0.3, 0.4) is 0 Å². The zero-order valence-electron chi connectivity index (χ0n) is 23.0. The van der Waals surface area contributed by atoms with E-state index in [1.807, 2.05) is 51.1 Å². The van der Waals surface area contributed by atoms with Crippen molar-refractivity contribution >= 4 is 35.1 Å². The first-order chi connectivity index (χ1) is 18.9. The summed E-state index contributed by atoms with van der Waals surface area (Å²) in [6.45, 7) is 6.89. The molecule has 2 N–H and O–H groups in total. The molecule has 1 aliphatic heterocycles. The van der Waals surface area contributed by atoms with Gasteiger partial charge in [0.2, 0.25) is 5.91 Å². The molecule has 1 aliphatic rings. The van der Waals surface area contributed by atoms with E-state index in [4.69, 9.17) is 11.6 Å². The van der Waals surface area contributed by atoms with Gasteiger partial charge in [0.15, 0.2) is 0 Å². The number of anilines is 1. The fraction of sp³-hybridized carbons (Fsp3) is 0.323. The lowest BCUT2D eigenvalue weighted by atomic mass is 9.86. The van der Waals surface area contributed by atoms with Crippen LogP contribution in [0.25, 0.3) is 0 Å². The highest BCUT2D eigenvalue weighted by Gasteiger charge is 2.45. The van der Waals surface area contributed by atoms with Crippen LogP contribution in [-0.4, -0.2) is 39.4 Å². The Morgan fingerprint density at radius 2 is 1.62 bits per heavy atom. The predicted molar refractivity (Wildman–Crippen MR) is 154 cm³/mol. The minimum Gasteiger partial charge on any atom is -0.326 e. The number of amides is 4. The van der Waals surface area contributed by atoms with Gasteiger partial charge in [-0.05, 0) is 81.0 Å². The van der Waals surface area contributed by atoms with Gasteiger partial charge in [-0.15, -0.1) is 0 Å². The summed E-state index contributed by atoms with van der Waals surface area (Å²) in [5.41, 5.74) is 1.23. The summed E-state index contributed by atoms with van der Waals surface area (Å²) in [6.07, 6.45) is 0.692.